The van der Waals surface area contributed by atoms with Crippen LogP contribution in [-0.2, 0) is 4.74 Å². The van der Waals surface area contributed by atoms with Crippen molar-refractivity contribution in [1.29, 1.82) is 0 Å². The van der Waals surface area contributed by atoms with Gasteiger partial charge in [-0.05, 0) is 130 Å². The van der Waals surface area contributed by atoms with Crippen LogP contribution in [0, 0.1) is 5.92 Å². The summed E-state index contributed by atoms with van der Waals surface area (Å²) in [6.07, 6.45) is 23.0. The molecule has 0 radical (unpaired) electrons. The van der Waals surface area contributed by atoms with Crippen molar-refractivity contribution in [3.05, 3.63) is 65.5 Å². The molecule has 3 nitrogen and oxygen atoms in total. The van der Waals surface area contributed by atoms with E-state index in [9.17, 15) is 0 Å². The van der Waals surface area contributed by atoms with E-state index in [1.807, 2.05) is 12.4 Å². The molecule has 1 saturated carbocycles. The molecule has 184 valence electrons. The maximum Gasteiger partial charge on any atom is 0.0966 e. The molecule has 2 saturated heterocycles. The molecule has 0 amide bonds. The largest absolute Gasteiger partial charge is 0.359 e. The first-order valence-corrected chi connectivity index (χ1v) is 14.3. The Bertz CT molecular complexity index is 1180. The van der Waals surface area contributed by atoms with Crippen LogP contribution >= 0.6 is 0 Å². The fourth-order valence-electron chi connectivity index (χ4n) is 8.33. The highest BCUT2D eigenvalue weighted by Gasteiger charge is 2.59. The number of likely N-dealkylation sites (tertiary alicyclic amines) is 1. The number of hydrogen-bond acceptors (Lipinski definition) is 3. The monoisotopic (exact) mass is 468 g/mol. The third-order valence-electron chi connectivity index (χ3n) is 10.4. The Morgan fingerprint density at radius 2 is 1.91 bits per heavy atom. The van der Waals surface area contributed by atoms with Gasteiger partial charge in [-0.2, -0.15) is 0 Å². The standard InChI is InChI=1S/C32H40N2O/c1-23-7-8-24(26-10-9-25-13-16-33-22-27(25)19-26)5-4-6-29-20-28-11-12-30(34-17-2-3-18-34)21-31(28)14-15-32(23,29)35-31/h6,9-10,13,16,19-20,22-24,30H,2-5,7-8,11-12,14-15,17-18,21H2,1H3/b29-6-/t23-,24+,30+,31+,32-/m0/s1. The van der Waals surface area contributed by atoms with Gasteiger partial charge in [-0.15, -0.1) is 0 Å². The molecule has 35 heavy (non-hydrogen) atoms. The average molecular weight is 469 g/mol. The molecule has 7 rings (SSSR count). The van der Waals surface area contributed by atoms with Crippen molar-refractivity contribution in [3.8, 4) is 0 Å². The first-order valence-electron chi connectivity index (χ1n) is 14.3. The molecule has 3 aliphatic heterocycles. The number of benzene rings is 1. The van der Waals surface area contributed by atoms with Crippen LogP contribution in [0.1, 0.15) is 89.0 Å². The van der Waals surface area contributed by atoms with Crippen LogP contribution in [0.5, 0.6) is 0 Å². The summed E-state index contributed by atoms with van der Waals surface area (Å²) in [5.41, 5.74) is 4.60. The minimum absolute atomic E-state index is 0.0237. The Hall–Kier alpha value is -1.97. The number of aromatic nitrogens is 1. The molecular weight excluding hydrogens is 428 g/mol. The van der Waals surface area contributed by atoms with Crippen molar-refractivity contribution in [2.24, 2.45) is 5.92 Å². The summed E-state index contributed by atoms with van der Waals surface area (Å²) < 4.78 is 7.40. The molecule has 1 aromatic heterocycles. The number of ether oxygens (including phenoxy) is 1. The van der Waals surface area contributed by atoms with Crippen molar-refractivity contribution in [1.82, 2.24) is 9.88 Å². The van der Waals surface area contributed by atoms with Crippen LogP contribution in [0.4, 0.5) is 0 Å². The predicted molar refractivity (Wildman–Crippen MR) is 143 cm³/mol. The summed E-state index contributed by atoms with van der Waals surface area (Å²) >= 11 is 0. The van der Waals surface area contributed by atoms with Crippen molar-refractivity contribution in [2.75, 3.05) is 13.1 Å². The normalized spacial score (nSPS) is 39.1. The molecule has 2 spiro atoms. The molecule has 4 heterocycles. The van der Waals surface area contributed by atoms with Gasteiger partial charge in [0.2, 0.25) is 0 Å². The highest BCUT2D eigenvalue weighted by atomic mass is 16.5. The Morgan fingerprint density at radius 3 is 2.83 bits per heavy atom. The summed E-state index contributed by atoms with van der Waals surface area (Å²) in [5.74, 6) is 1.17. The maximum absolute atomic E-state index is 7.40. The highest BCUT2D eigenvalue weighted by molar-refractivity contribution is 5.82. The number of allylic oxidation sites excluding steroid dienone is 1. The topological polar surface area (TPSA) is 25.4 Å². The quantitative estimate of drug-likeness (QED) is 0.461. The van der Waals surface area contributed by atoms with E-state index >= 15 is 0 Å². The van der Waals surface area contributed by atoms with Crippen molar-refractivity contribution in [2.45, 2.75) is 101 Å². The summed E-state index contributed by atoms with van der Waals surface area (Å²) in [6, 6.07) is 9.89. The van der Waals surface area contributed by atoms with Gasteiger partial charge < -0.3 is 9.64 Å². The van der Waals surface area contributed by atoms with Gasteiger partial charge in [-0.25, -0.2) is 0 Å². The number of nitrogens with zero attached hydrogens (tertiary/aromatic N) is 2. The van der Waals surface area contributed by atoms with Crippen LogP contribution in [0.2, 0.25) is 0 Å². The molecule has 5 aliphatic rings. The summed E-state index contributed by atoms with van der Waals surface area (Å²) in [5, 5.41) is 2.56. The number of hydrogen-bond donors (Lipinski definition) is 0. The van der Waals surface area contributed by atoms with Crippen molar-refractivity contribution >= 4 is 10.8 Å². The predicted octanol–water partition coefficient (Wildman–Crippen LogP) is 7.33. The lowest BCUT2D eigenvalue weighted by Gasteiger charge is -2.49. The fraction of sp³-hybridized carbons (Fsp3) is 0.594. The van der Waals surface area contributed by atoms with Gasteiger partial charge in [0.15, 0.2) is 0 Å². The van der Waals surface area contributed by atoms with Gasteiger partial charge in [-0.3, -0.25) is 4.98 Å². The van der Waals surface area contributed by atoms with E-state index in [0.717, 1.165) is 12.5 Å². The highest BCUT2D eigenvalue weighted by Crippen LogP contribution is 2.59. The maximum atomic E-state index is 7.40. The van der Waals surface area contributed by atoms with Crippen LogP contribution in [0.3, 0.4) is 0 Å². The van der Waals surface area contributed by atoms with Gasteiger partial charge >= 0.3 is 0 Å². The Balaban J connectivity index is 1.16. The smallest absolute Gasteiger partial charge is 0.0966 e. The lowest BCUT2D eigenvalue weighted by atomic mass is 9.74. The van der Waals surface area contributed by atoms with E-state index in [4.69, 9.17) is 4.74 Å². The van der Waals surface area contributed by atoms with Gasteiger partial charge in [0, 0.05) is 23.8 Å². The first kappa shape index (κ1) is 22.2. The second-order valence-electron chi connectivity index (χ2n) is 12.2. The SMILES string of the molecule is C[C@H]1CC[C@H](c2ccc3ccncc3c2)CC/C=C2/C=C3CC[C@@H](N4CCCC4)C[C@]34CC[C@@]21O4. The van der Waals surface area contributed by atoms with Crippen molar-refractivity contribution < 1.29 is 4.74 Å². The lowest BCUT2D eigenvalue weighted by Crippen LogP contribution is -2.51. The molecule has 3 fully saturated rings. The number of pyridine rings is 1. The third-order valence-corrected chi connectivity index (χ3v) is 10.4. The van der Waals surface area contributed by atoms with E-state index < -0.39 is 0 Å². The molecular formula is C32H40N2O. The van der Waals surface area contributed by atoms with Gasteiger partial charge in [0.05, 0.1) is 11.2 Å². The molecule has 1 aromatic carbocycles. The third kappa shape index (κ3) is 3.64. The zero-order valence-electron chi connectivity index (χ0n) is 21.3. The summed E-state index contributed by atoms with van der Waals surface area (Å²) in [7, 11) is 0. The molecule has 2 aromatic rings. The Labute approximate surface area is 210 Å². The molecule has 2 bridgehead atoms. The van der Waals surface area contributed by atoms with Gasteiger partial charge in [-0.1, -0.05) is 31.2 Å². The minimum Gasteiger partial charge on any atom is -0.359 e. The van der Waals surface area contributed by atoms with Crippen LogP contribution in [0.15, 0.2) is 60.0 Å². The number of rotatable bonds is 2. The van der Waals surface area contributed by atoms with Crippen molar-refractivity contribution in [3.63, 3.8) is 0 Å². The molecule has 0 unspecified atom stereocenters. The fourth-order valence-corrected chi connectivity index (χ4v) is 8.33. The minimum atomic E-state index is -0.0570. The van der Waals surface area contributed by atoms with Gasteiger partial charge in [0.1, 0.15) is 0 Å². The second kappa shape index (κ2) is 8.56. The summed E-state index contributed by atoms with van der Waals surface area (Å²) in [6.45, 7) is 5.09. The van der Waals surface area contributed by atoms with E-state index in [-0.39, 0.29) is 11.2 Å². The Morgan fingerprint density at radius 1 is 1.00 bits per heavy atom. The molecule has 5 atom stereocenters. The molecule has 2 aliphatic carbocycles. The van der Waals surface area contributed by atoms with E-state index in [1.54, 1.807) is 5.57 Å². The van der Waals surface area contributed by atoms with Gasteiger partial charge in [0.25, 0.3) is 0 Å². The van der Waals surface area contributed by atoms with Crippen LogP contribution in [-0.4, -0.2) is 40.2 Å². The summed E-state index contributed by atoms with van der Waals surface area (Å²) in [4.78, 5) is 7.14. The molecule has 0 N–H and O–H groups in total. The second-order valence-corrected chi connectivity index (χ2v) is 12.2. The van der Waals surface area contributed by atoms with E-state index in [0.29, 0.717) is 11.8 Å². The van der Waals surface area contributed by atoms with Crippen LogP contribution < -0.4 is 0 Å². The van der Waals surface area contributed by atoms with E-state index in [2.05, 4.69) is 53.2 Å². The zero-order chi connectivity index (χ0) is 23.5. The van der Waals surface area contributed by atoms with E-state index in [1.165, 1.54) is 99.2 Å². The average Bonchev–Trinajstić information content (AvgIpc) is 3.54. The lowest BCUT2D eigenvalue weighted by molar-refractivity contribution is -0.116. The molecule has 3 heteroatoms. The Kier molecular flexibility index (Phi) is 5.44. The first-order chi connectivity index (χ1) is 17.2. The zero-order valence-corrected chi connectivity index (χ0v) is 21.3. The number of fused-ring (bicyclic) bond motifs is 1. The van der Waals surface area contributed by atoms with Crippen LogP contribution in [0.25, 0.3) is 10.8 Å².